The lowest BCUT2D eigenvalue weighted by molar-refractivity contribution is -0.125. The van der Waals surface area contributed by atoms with Crippen molar-refractivity contribution in [1.82, 2.24) is 10.6 Å². The van der Waals surface area contributed by atoms with Gasteiger partial charge in [0.25, 0.3) is 0 Å². The van der Waals surface area contributed by atoms with E-state index in [4.69, 9.17) is 4.42 Å². The van der Waals surface area contributed by atoms with Crippen LogP contribution in [0.3, 0.4) is 0 Å². The molecular weight excluding hydrogens is 192 g/mol. The first-order valence-electron chi connectivity index (χ1n) is 5.37. The first kappa shape index (κ1) is 10.2. The van der Waals surface area contributed by atoms with Gasteiger partial charge < -0.3 is 15.1 Å². The summed E-state index contributed by atoms with van der Waals surface area (Å²) in [6.07, 6.45) is 3.68. The Hall–Kier alpha value is -1.29. The summed E-state index contributed by atoms with van der Waals surface area (Å²) in [5, 5.41) is 6.11. The summed E-state index contributed by atoms with van der Waals surface area (Å²) in [7, 11) is 0. The van der Waals surface area contributed by atoms with Crippen molar-refractivity contribution < 1.29 is 9.21 Å². The molecule has 2 rings (SSSR count). The highest BCUT2D eigenvalue weighted by Crippen LogP contribution is 2.10. The molecule has 0 bridgehead atoms. The molecule has 2 heterocycles. The third kappa shape index (κ3) is 2.83. The molecule has 1 aliphatic rings. The Balaban J connectivity index is 1.76. The van der Waals surface area contributed by atoms with Gasteiger partial charge in [-0.1, -0.05) is 0 Å². The van der Waals surface area contributed by atoms with Gasteiger partial charge in [0.15, 0.2) is 0 Å². The van der Waals surface area contributed by atoms with E-state index >= 15 is 0 Å². The summed E-state index contributed by atoms with van der Waals surface area (Å²) in [5.74, 6) is 1.04. The lowest BCUT2D eigenvalue weighted by atomic mass is 9.99. The molecule has 1 saturated heterocycles. The Morgan fingerprint density at radius 2 is 2.60 bits per heavy atom. The van der Waals surface area contributed by atoms with E-state index in [1.165, 1.54) is 0 Å². The van der Waals surface area contributed by atoms with Crippen LogP contribution in [0.15, 0.2) is 22.8 Å². The molecule has 1 aromatic rings. The minimum Gasteiger partial charge on any atom is -0.467 e. The average Bonchev–Trinajstić information content (AvgIpc) is 2.80. The minimum absolute atomic E-state index is 0.119. The van der Waals surface area contributed by atoms with Crippen LogP contribution in [0.1, 0.15) is 18.6 Å². The van der Waals surface area contributed by atoms with Gasteiger partial charge in [-0.3, -0.25) is 4.79 Å². The van der Waals surface area contributed by atoms with Gasteiger partial charge in [0, 0.05) is 6.54 Å². The van der Waals surface area contributed by atoms with Crippen molar-refractivity contribution in [3.05, 3.63) is 24.2 Å². The van der Waals surface area contributed by atoms with E-state index < -0.39 is 0 Å². The van der Waals surface area contributed by atoms with Crippen molar-refractivity contribution in [2.24, 2.45) is 5.92 Å². The number of rotatable bonds is 3. The molecule has 1 atom stereocenters. The molecule has 1 aliphatic heterocycles. The lowest BCUT2D eigenvalue weighted by Crippen LogP contribution is -2.40. The first-order chi connectivity index (χ1) is 7.36. The van der Waals surface area contributed by atoms with Crippen LogP contribution < -0.4 is 10.6 Å². The number of carbonyl (C=O) groups excluding carboxylic acids is 1. The van der Waals surface area contributed by atoms with Crippen LogP contribution in [0.4, 0.5) is 0 Å². The summed E-state index contributed by atoms with van der Waals surface area (Å²) in [6, 6.07) is 3.68. The van der Waals surface area contributed by atoms with Crippen molar-refractivity contribution in [2.45, 2.75) is 19.4 Å². The molecule has 0 unspecified atom stereocenters. The maximum Gasteiger partial charge on any atom is 0.224 e. The highest BCUT2D eigenvalue weighted by Gasteiger charge is 2.20. The Morgan fingerprint density at radius 1 is 1.67 bits per heavy atom. The van der Waals surface area contributed by atoms with Crippen LogP contribution in [-0.4, -0.2) is 19.0 Å². The van der Waals surface area contributed by atoms with E-state index in [1.807, 2.05) is 12.1 Å². The monoisotopic (exact) mass is 208 g/mol. The number of carbonyl (C=O) groups is 1. The molecule has 1 aromatic heterocycles. The molecule has 82 valence electrons. The van der Waals surface area contributed by atoms with Crippen molar-refractivity contribution >= 4 is 5.91 Å². The van der Waals surface area contributed by atoms with Crippen LogP contribution in [0.5, 0.6) is 0 Å². The molecule has 0 spiro atoms. The average molecular weight is 208 g/mol. The SMILES string of the molecule is O=C(NCc1ccco1)[C@@H]1CCCNC1. The molecular formula is C11H16N2O2. The van der Waals surface area contributed by atoms with Crippen molar-refractivity contribution in [3.8, 4) is 0 Å². The smallest absolute Gasteiger partial charge is 0.224 e. The third-order valence-corrected chi connectivity index (χ3v) is 2.68. The fourth-order valence-corrected chi connectivity index (χ4v) is 1.81. The van der Waals surface area contributed by atoms with E-state index in [2.05, 4.69) is 10.6 Å². The van der Waals surface area contributed by atoms with Gasteiger partial charge in [0.2, 0.25) is 5.91 Å². The molecule has 0 radical (unpaired) electrons. The fourth-order valence-electron chi connectivity index (χ4n) is 1.81. The van der Waals surface area contributed by atoms with Gasteiger partial charge in [-0.25, -0.2) is 0 Å². The van der Waals surface area contributed by atoms with E-state index in [-0.39, 0.29) is 11.8 Å². The Labute approximate surface area is 89.0 Å². The minimum atomic E-state index is 0.119. The van der Waals surface area contributed by atoms with Crippen molar-refractivity contribution in [3.63, 3.8) is 0 Å². The summed E-state index contributed by atoms with van der Waals surface area (Å²) in [4.78, 5) is 11.7. The molecule has 0 aliphatic carbocycles. The van der Waals surface area contributed by atoms with E-state index in [0.717, 1.165) is 31.7 Å². The number of nitrogens with one attached hydrogen (secondary N) is 2. The van der Waals surface area contributed by atoms with Crippen LogP contribution in [-0.2, 0) is 11.3 Å². The number of furan rings is 1. The topological polar surface area (TPSA) is 54.3 Å². The molecule has 2 N–H and O–H groups in total. The quantitative estimate of drug-likeness (QED) is 0.775. The zero-order chi connectivity index (χ0) is 10.5. The first-order valence-corrected chi connectivity index (χ1v) is 5.37. The maximum absolute atomic E-state index is 11.7. The summed E-state index contributed by atoms with van der Waals surface area (Å²) >= 11 is 0. The highest BCUT2D eigenvalue weighted by atomic mass is 16.3. The van der Waals surface area contributed by atoms with Crippen LogP contribution >= 0.6 is 0 Å². The van der Waals surface area contributed by atoms with Crippen LogP contribution in [0.25, 0.3) is 0 Å². The van der Waals surface area contributed by atoms with Crippen molar-refractivity contribution in [1.29, 1.82) is 0 Å². The maximum atomic E-state index is 11.7. The second-order valence-corrected chi connectivity index (χ2v) is 3.84. The molecule has 4 nitrogen and oxygen atoms in total. The molecule has 0 saturated carbocycles. The zero-order valence-electron chi connectivity index (χ0n) is 8.66. The normalized spacial score (nSPS) is 21.2. The third-order valence-electron chi connectivity index (χ3n) is 2.68. The number of hydrogen-bond donors (Lipinski definition) is 2. The molecule has 1 amide bonds. The second kappa shape index (κ2) is 4.98. The van der Waals surface area contributed by atoms with Crippen LogP contribution in [0.2, 0.25) is 0 Å². The zero-order valence-corrected chi connectivity index (χ0v) is 8.66. The van der Waals surface area contributed by atoms with Crippen molar-refractivity contribution in [2.75, 3.05) is 13.1 Å². The highest BCUT2D eigenvalue weighted by molar-refractivity contribution is 5.78. The molecule has 4 heteroatoms. The number of hydrogen-bond acceptors (Lipinski definition) is 3. The van der Waals surface area contributed by atoms with E-state index in [1.54, 1.807) is 6.26 Å². The number of amides is 1. The Kier molecular flexibility index (Phi) is 3.40. The molecule has 1 fully saturated rings. The largest absolute Gasteiger partial charge is 0.467 e. The Bertz CT molecular complexity index is 302. The van der Waals surface area contributed by atoms with Gasteiger partial charge >= 0.3 is 0 Å². The second-order valence-electron chi connectivity index (χ2n) is 3.84. The Morgan fingerprint density at radius 3 is 3.27 bits per heavy atom. The van der Waals surface area contributed by atoms with Gasteiger partial charge in [0.1, 0.15) is 5.76 Å². The lowest BCUT2D eigenvalue weighted by Gasteiger charge is -2.21. The number of piperidine rings is 1. The summed E-state index contributed by atoms with van der Waals surface area (Å²) < 4.78 is 5.14. The van der Waals surface area contributed by atoms with Gasteiger partial charge in [-0.2, -0.15) is 0 Å². The fraction of sp³-hybridized carbons (Fsp3) is 0.545. The van der Waals surface area contributed by atoms with E-state index in [9.17, 15) is 4.79 Å². The van der Waals surface area contributed by atoms with Gasteiger partial charge in [0.05, 0.1) is 18.7 Å². The van der Waals surface area contributed by atoms with Crippen LogP contribution in [0, 0.1) is 5.92 Å². The van der Waals surface area contributed by atoms with Gasteiger partial charge in [-0.05, 0) is 31.5 Å². The van der Waals surface area contributed by atoms with E-state index in [0.29, 0.717) is 6.54 Å². The molecule has 0 aromatic carbocycles. The predicted octanol–water partition coefficient (Wildman–Crippen LogP) is 0.895. The standard InChI is InChI=1S/C11H16N2O2/c14-11(9-3-1-5-12-7-9)13-8-10-4-2-6-15-10/h2,4,6,9,12H,1,3,5,7-8H2,(H,13,14)/t9-/m1/s1. The summed E-state index contributed by atoms with van der Waals surface area (Å²) in [5.41, 5.74) is 0. The molecule has 15 heavy (non-hydrogen) atoms. The van der Waals surface area contributed by atoms with Gasteiger partial charge in [-0.15, -0.1) is 0 Å². The predicted molar refractivity (Wildman–Crippen MR) is 56.1 cm³/mol. The summed E-state index contributed by atoms with van der Waals surface area (Å²) in [6.45, 7) is 2.31.